The Labute approximate surface area is 88.6 Å². The minimum Gasteiger partial charge on any atom is -0.207 e. The molecule has 2 nitrogen and oxygen atoms in total. The van der Waals surface area contributed by atoms with Gasteiger partial charge in [0, 0.05) is 6.07 Å². The standard InChI is InChI=1S/C12H14FN2/c1-9-7-11(13)8-10(2)12(9)15-6-4-5-14(15)3/h4-8H,1-3H3/q+1. The van der Waals surface area contributed by atoms with Crippen molar-refractivity contribution in [2.75, 3.05) is 0 Å². The number of aromatic nitrogens is 2. The molecular weight excluding hydrogens is 191 g/mol. The second kappa shape index (κ2) is 3.50. The van der Waals surface area contributed by atoms with Crippen molar-refractivity contribution in [1.82, 2.24) is 4.68 Å². The lowest BCUT2D eigenvalue weighted by Gasteiger charge is -2.08. The number of rotatable bonds is 1. The van der Waals surface area contributed by atoms with Gasteiger partial charge in [-0.05, 0) is 37.1 Å². The van der Waals surface area contributed by atoms with Crippen molar-refractivity contribution in [3.63, 3.8) is 0 Å². The van der Waals surface area contributed by atoms with Crippen molar-refractivity contribution in [1.29, 1.82) is 0 Å². The molecule has 0 saturated heterocycles. The van der Waals surface area contributed by atoms with Gasteiger partial charge in [0.15, 0.2) is 13.2 Å². The van der Waals surface area contributed by atoms with E-state index >= 15 is 0 Å². The summed E-state index contributed by atoms with van der Waals surface area (Å²) >= 11 is 0. The van der Waals surface area contributed by atoms with Crippen LogP contribution >= 0.6 is 0 Å². The molecule has 0 unspecified atom stereocenters. The fourth-order valence-electron chi connectivity index (χ4n) is 1.92. The number of halogens is 1. The summed E-state index contributed by atoms with van der Waals surface area (Å²) < 4.78 is 17.1. The highest BCUT2D eigenvalue weighted by Gasteiger charge is 2.12. The quantitative estimate of drug-likeness (QED) is 0.630. The first-order valence-corrected chi connectivity index (χ1v) is 4.90. The smallest absolute Gasteiger partial charge is 0.195 e. The van der Waals surface area contributed by atoms with Gasteiger partial charge in [0.1, 0.15) is 11.5 Å². The monoisotopic (exact) mass is 205 g/mol. The average molecular weight is 205 g/mol. The van der Waals surface area contributed by atoms with Crippen molar-refractivity contribution >= 4 is 0 Å². The van der Waals surface area contributed by atoms with Crippen LogP contribution in [0.15, 0.2) is 30.6 Å². The lowest BCUT2D eigenvalue weighted by molar-refractivity contribution is -0.744. The maximum absolute atomic E-state index is 13.1. The van der Waals surface area contributed by atoms with Crippen LogP contribution in [0.2, 0.25) is 0 Å². The molecule has 0 fully saturated rings. The van der Waals surface area contributed by atoms with Gasteiger partial charge in [0.05, 0.1) is 6.20 Å². The maximum atomic E-state index is 13.1. The SMILES string of the molecule is Cc1cc(F)cc(C)c1-n1ccc[n+]1C. The molecule has 0 radical (unpaired) electrons. The van der Waals surface area contributed by atoms with Crippen LogP contribution in [0.3, 0.4) is 0 Å². The second-order valence-corrected chi connectivity index (χ2v) is 3.80. The van der Waals surface area contributed by atoms with Crippen LogP contribution in [-0.4, -0.2) is 4.68 Å². The van der Waals surface area contributed by atoms with Crippen molar-refractivity contribution in [3.05, 3.63) is 47.5 Å². The number of hydrogen-bond acceptors (Lipinski definition) is 0. The van der Waals surface area contributed by atoms with E-state index in [-0.39, 0.29) is 5.82 Å². The molecule has 78 valence electrons. The zero-order chi connectivity index (χ0) is 11.0. The predicted octanol–water partition coefficient (Wildman–Crippen LogP) is 2.06. The van der Waals surface area contributed by atoms with E-state index in [1.165, 1.54) is 0 Å². The Morgan fingerprint density at radius 3 is 2.27 bits per heavy atom. The van der Waals surface area contributed by atoms with Gasteiger partial charge in [-0.25, -0.2) is 4.39 Å². The van der Waals surface area contributed by atoms with Crippen LogP contribution < -0.4 is 4.68 Å². The van der Waals surface area contributed by atoms with Crippen LogP contribution in [-0.2, 0) is 7.05 Å². The summed E-state index contributed by atoms with van der Waals surface area (Å²) in [6.45, 7) is 3.84. The fraction of sp³-hybridized carbons (Fsp3) is 0.250. The topological polar surface area (TPSA) is 8.81 Å². The highest BCUT2D eigenvalue weighted by Crippen LogP contribution is 2.18. The third kappa shape index (κ3) is 1.65. The van der Waals surface area contributed by atoms with Crippen LogP contribution in [0.1, 0.15) is 11.1 Å². The Hall–Kier alpha value is -1.64. The summed E-state index contributed by atoms with van der Waals surface area (Å²) in [7, 11) is 1.96. The maximum Gasteiger partial charge on any atom is 0.195 e. The Morgan fingerprint density at radius 2 is 1.80 bits per heavy atom. The molecule has 15 heavy (non-hydrogen) atoms. The van der Waals surface area contributed by atoms with Gasteiger partial charge >= 0.3 is 0 Å². The van der Waals surface area contributed by atoms with E-state index in [1.54, 1.807) is 12.1 Å². The van der Waals surface area contributed by atoms with E-state index in [0.29, 0.717) is 0 Å². The molecule has 1 aromatic heterocycles. The first-order chi connectivity index (χ1) is 7.09. The Balaban J connectivity index is 2.68. The summed E-state index contributed by atoms with van der Waals surface area (Å²) in [4.78, 5) is 0. The van der Waals surface area contributed by atoms with Gasteiger partial charge in [0.2, 0.25) is 0 Å². The minimum atomic E-state index is -0.177. The number of benzene rings is 1. The summed E-state index contributed by atoms with van der Waals surface area (Å²) in [6.07, 6.45) is 3.93. The van der Waals surface area contributed by atoms with E-state index in [4.69, 9.17) is 0 Å². The zero-order valence-electron chi connectivity index (χ0n) is 9.16. The molecule has 0 aliphatic heterocycles. The Bertz CT molecular complexity index is 477. The molecule has 1 aromatic carbocycles. The zero-order valence-corrected chi connectivity index (χ0v) is 9.16. The van der Waals surface area contributed by atoms with Gasteiger partial charge in [-0.2, -0.15) is 0 Å². The molecule has 0 amide bonds. The summed E-state index contributed by atoms with van der Waals surface area (Å²) in [5.74, 6) is -0.177. The van der Waals surface area contributed by atoms with Gasteiger partial charge in [-0.15, -0.1) is 9.36 Å². The summed E-state index contributed by atoms with van der Waals surface area (Å²) in [6, 6.07) is 5.08. The van der Waals surface area contributed by atoms with E-state index < -0.39 is 0 Å². The van der Waals surface area contributed by atoms with Crippen molar-refractivity contribution in [3.8, 4) is 5.69 Å². The Morgan fingerprint density at radius 1 is 1.20 bits per heavy atom. The Kier molecular flexibility index (Phi) is 2.31. The molecule has 0 atom stereocenters. The minimum absolute atomic E-state index is 0.177. The molecular formula is C12H14FN2+. The highest BCUT2D eigenvalue weighted by atomic mass is 19.1. The first-order valence-electron chi connectivity index (χ1n) is 4.90. The molecule has 3 heteroatoms. The molecule has 0 saturated carbocycles. The molecule has 2 rings (SSSR count). The third-order valence-corrected chi connectivity index (χ3v) is 2.55. The van der Waals surface area contributed by atoms with Crippen molar-refractivity contribution in [2.45, 2.75) is 13.8 Å². The van der Waals surface area contributed by atoms with Crippen LogP contribution in [0.5, 0.6) is 0 Å². The van der Waals surface area contributed by atoms with Crippen LogP contribution in [0, 0.1) is 19.7 Å². The van der Waals surface area contributed by atoms with Gasteiger partial charge < -0.3 is 0 Å². The highest BCUT2D eigenvalue weighted by molar-refractivity contribution is 5.45. The van der Waals surface area contributed by atoms with Crippen LogP contribution in [0.4, 0.5) is 4.39 Å². The fourth-order valence-corrected chi connectivity index (χ4v) is 1.92. The van der Waals surface area contributed by atoms with E-state index in [9.17, 15) is 4.39 Å². The average Bonchev–Trinajstić information content (AvgIpc) is 2.50. The van der Waals surface area contributed by atoms with Crippen LogP contribution in [0.25, 0.3) is 5.69 Å². The van der Waals surface area contributed by atoms with E-state index in [0.717, 1.165) is 16.8 Å². The third-order valence-electron chi connectivity index (χ3n) is 2.55. The molecule has 0 N–H and O–H groups in total. The lowest BCUT2D eigenvalue weighted by Crippen LogP contribution is -2.37. The molecule has 0 bridgehead atoms. The normalized spacial score (nSPS) is 10.7. The number of nitrogens with zero attached hydrogens (tertiary/aromatic N) is 2. The predicted molar refractivity (Wildman–Crippen MR) is 56.4 cm³/mol. The molecule has 2 aromatic rings. The van der Waals surface area contributed by atoms with Gasteiger partial charge in [-0.3, -0.25) is 0 Å². The van der Waals surface area contributed by atoms with E-state index in [2.05, 4.69) is 0 Å². The number of aryl methyl sites for hydroxylation is 3. The molecule has 1 heterocycles. The van der Waals surface area contributed by atoms with Crippen molar-refractivity contribution in [2.24, 2.45) is 7.05 Å². The summed E-state index contributed by atoms with van der Waals surface area (Å²) in [5, 5.41) is 0. The van der Waals surface area contributed by atoms with Crippen molar-refractivity contribution < 1.29 is 9.07 Å². The number of hydrogen-bond donors (Lipinski definition) is 0. The van der Waals surface area contributed by atoms with Gasteiger partial charge in [-0.1, -0.05) is 0 Å². The largest absolute Gasteiger partial charge is 0.207 e. The lowest BCUT2D eigenvalue weighted by atomic mass is 10.1. The first kappa shape index (κ1) is 9.90. The molecule has 0 aliphatic rings. The second-order valence-electron chi connectivity index (χ2n) is 3.80. The molecule has 0 spiro atoms. The van der Waals surface area contributed by atoms with Gasteiger partial charge in [0.25, 0.3) is 0 Å². The van der Waals surface area contributed by atoms with E-state index in [1.807, 2.05) is 48.7 Å². The molecule has 0 aliphatic carbocycles. The summed E-state index contributed by atoms with van der Waals surface area (Å²) in [5.41, 5.74) is 2.93.